The van der Waals surface area contributed by atoms with Gasteiger partial charge < -0.3 is 15.5 Å². The SMILES string of the molecule is Cc1ccc2c(CC(=O)NC3CCCCC3CN)coc2c1C. The van der Waals surface area contributed by atoms with Crippen molar-refractivity contribution >= 4 is 16.9 Å². The van der Waals surface area contributed by atoms with Crippen LogP contribution in [0.2, 0.25) is 0 Å². The molecule has 0 radical (unpaired) electrons. The van der Waals surface area contributed by atoms with Gasteiger partial charge in [0, 0.05) is 17.0 Å². The smallest absolute Gasteiger partial charge is 0.224 e. The van der Waals surface area contributed by atoms with E-state index in [-0.39, 0.29) is 11.9 Å². The molecule has 1 aliphatic carbocycles. The average Bonchev–Trinajstić information content (AvgIpc) is 2.95. The van der Waals surface area contributed by atoms with E-state index in [0.29, 0.717) is 18.9 Å². The number of rotatable bonds is 4. The highest BCUT2D eigenvalue weighted by molar-refractivity contribution is 5.89. The van der Waals surface area contributed by atoms with E-state index >= 15 is 0 Å². The Hall–Kier alpha value is -1.81. The molecule has 1 amide bonds. The first kappa shape index (κ1) is 16.1. The van der Waals surface area contributed by atoms with Crippen molar-refractivity contribution in [2.75, 3.05) is 6.54 Å². The van der Waals surface area contributed by atoms with Crippen LogP contribution in [0.15, 0.2) is 22.8 Å². The molecular weight excluding hydrogens is 288 g/mol. The first-order valence-corrected chi connectivity index (χ1v) is 8.56. The number of aryl methyl sites for hydroxylation is 2. The Morgan fingerprint density at radius 2 is 2.09 bits per heavy atom. The fraction of sp³-hybridized carbons (Fsp3) is 0.526. The summed E-state index contributed by atoms with van der Waals surface area (Å²) < 4.78 is 5.69. The van der Waals surface area contributed by atoms with Crippen molar-refractivity contribution in [1.82, 2.24) is 5.32 Å². The van der Waals surface area contributed by atoms with Gasteiger partial charge in [0.1, 0.15) is 5.58 Å². The van der Waals surface area contributed by atoms with Gasteiger partial charge in [-0.15, -0.1) is 0 Å². The molecule has 0 bridgehead atoms. The van der Waals surface area contributed by atoms with Crippen LogP contribution in [-0.4, -0.2) is 18.5 Å². The predicted octanol–water partition coefficient (Wildman–Crippen LogP) is 3.23. The number of nitrogens with one attached hydrogen (secondary N) is 1. The highest BCUT2D eigenvalue weighted by Gasteiger charge is 2.25. The molecule has 0 saturated heterocycles. The number of fused-ring (bicyclic) bond motifs is 1. The molecule has 1 aromatic carbocycles. The van der Waals surface area contributed by atoms with Crippen LogP contribution in [0.4, 0.5) is 0 Å². The summed E-state index contributed by atoms with van der Waals surface area (Å²) in [5.74, 6) is 0.481. The van der Waals surface area contributed by atoms with Crippen LogP contribution in [0.25, 0.3) is 11.0 Å². The highest BCUT2D eigenvalue weighted by Crippen LogP contribution is 2.27. The second-order valence-corrected chi connectivity index (χ2v) is 6.78. The van der Waals surface area contributed by atoms with Crippen molar-refractivity contribution in [2.24, 2.45) is 11.7 Å². The predicted molar refractivity (Wildman–Crippen MR) is 92.3 cm³/mol. The Kier molecular flexibility index (Phi) is 4.71. The normalized spacial score (nSPS) is 21.5. The third-order valence-electron chi connectivity index (χ3n) is 5.25. The van der Waals surface area contributed by atoms with Gasteiger partial charge in [-0.3, -0.25) is 4.79 Å². The minimum atomic E-state index is 0.0660. The summed E-state index contributed by atoms with van der Waals surface area (Å²) in [5, 5.41) is 4.23. The number of hydrogen-bond donors (Lipinski definition) is 2. The van der Waals surface area contributed by atoms with E-state index in [1.807, 2.05) is 6.07 Å². The summed E-state index contributed by atoms with van der Waals surface area (Å²) in [6.45, 7) is 4.77. The molecule has 124 valence electrons. The van der Waals surface area contributed by atoms with E-state index in [9.17, 15) is 4.79 Å². The van der Waals surface area contributed by atoms with Gasteiger partial charge in [0.25, 0.3) is 0 Å². The van der Waals surface area contributed by atoms with Crippen molar-refractivity contribution in [3.05, 3.63) is 35.1 Å². The molecule has 1 aromatic heterocycles. The third kappa shape index (κ3) is 3.27. The number of carbonyl (C=O) groups is 1. The lowest BCUT2D eigenvalue weighted by atomic mass is 9.84. The third-order valence-corrected chi connectivity index (χ3v) is 5.25. The Labute approximate surface area is 137 Å². The first-order valence-electron chi connectivity index (χ1n) is 8.56. The Morgan fingerprint density at radius 1 is 1.30 bits per heavy atom. The zero-order valence-corrected chi connectivity index (χ0v) is 14.0. The van der Waals surface area contributed by atoms with Crippen LogP contribution in [0.1, 0.15) is 42.4 Å². The van der Waals surface area contributed by atoms with Crippen LogP contribution in [0.3, 0.4) is 0 Å². The maximum Gasteiger partial charge on any atom is 0.224 e. The minimum absolute atomic E-state index is 0.0660. The summed E-state index contributed by atoms with van der Waals surface area (Å²) in [5.41, 5.74) is 10.0. The zero-order chi connectivity index (χ0) is 16.4. The molecule has 2 aromatic rings. The molecule has 0 spiro atoms. The van der Waals surface area contributed by atoms with Crippen molar-refractivity contribution < 1.29 is 9.21 Å². The second kappa shape index (κ2) is 6.75. The number of amides is 1. The average molecular weight is 314 g/mol. The summed E-state index contributed by atoms with van der Waals surface area (Å²) >= 11 is 0. The lowest BCUT2D eigenvalue weighted by Gasteiger charge is -2.31. The van der Waals surface area contributed by atoms with Crippen molar-refractivity contribution in [3.63, 3.8) is 0 Å². The lowest BCUT2D eigenvalue weighted by molar-refractivity contribution is -0.121. The van der Waals surface area contributed by atoms with Crippen LogP contribution >= 0.6 is 0 Å². The van der Waals surface area contributed by atoms with Gasteiger partial charge in [-0.1, -0.05) is 25.0 Å². The molecule has 3 N–H and O–H groups in total. The Bertz CT molecular complexity index is 705. The van der Waals surface area contributed by atoms with Gasteiger partial charge in [0.05, 0.1) is 12.7 Å². The van der Waals surface area contributed by atoms with E-state index in [1.54, 1.807) is 6.26 Å². The van der Waals surface area contributed by atoms with E-state index < -0.39 is 0 Å². The van der Waals surface area contributed by atoms with Gasteiger partial charge in [-0.2, -0.15) is 0 Å². The van der Waals surface area contributed by atoms with Gasteiger partial charge >= 0.3 is 0 Å². The zero-order valence-electron chi connectivity index (χ0n) is 14.0. The van der Waals surface area contributed by atoms with Crippen LogP contribution < -0.4 is 11.1 Å². The molecule has 1 saturated carbocycles. The maximum absolute atomic E-state index is 12.4. The van der Waals surface area contributed by atoms with Gasteiger partial charge in [-0.05, 0) is 50.3 Å². The fourth-order valence-corrected chi connectivity index (χ4v) is 3.64. The Balaban J connectivity index is 1.72. The maximum atomic E-state index is 12.4. The van der Waals surface area contributed by atoms with Crippen molar-refractivity contribution in [1.29, 1.82) is 0 Å². The summed E-state index contributed by atoms with van der Waals surface area (Å²) in [6.07, 6.45) is 6.64. The van der Waals surface area contributed by atoms with Crippen LogP contribution in [-0.2, 0) is 11.2 Å². The quantitative estimate of drug-likeness (QED) is 0.910. The van der Waals surface area contributed by atoms with Crippen molar-refractivity contribution in [2.45, 2.75) is 52.0 Å². The Morgan fingerprint density at radius 3 is 2.87 bits per heavy atom. The van der Waals surface area contributed by atoms with Gasteiger partial charge in [0.15, 0.2) is 0 Å². The number of carbonyl (C=O) groups excluding carboxylic acids is 1. The molecule has 1 aliphatic rings. The number of hydrogen-bond acceptors (Lipinski definition) is 3. The lowest BCUT2D eigenvalue weighted by Crippen LogP contribution is -2.45. The standard InChI is InChI=1S/C19H26N2O2/c1-12-7-8-16-15(11-23-19(16)13(12)2)9-18(22)21-17-6-4-3-5-14(17)10-20/h7-8,11,14,17H,3-6,9-10,20H2,1-2H3,(H,21,22). The van der Waals surface area contributed by atoms with Gasteiger partial charge in [0.2, 0.25) is 5.91 Å². The van der Waals surface area contributed by atoms with Crippen LogP contribution in [0.5, 0.6) is 0 Å². The molecule has 1 fully saturated rings. The summed E-state index contributed by atoms with van der Waals surface area (Å²) in [7, 11) is 0. The van der Waals surface area contributed by atoms with Crippen LogP contribution in [0, 0.1) is 19.8 Å². The fourth-order valence-electron chi connectivity index (χ4n) is 3.64. The van der Waals surface area contributed by atoms with Gasteiger partial charge in [-0.25, -0.2) is 0 Å². The number of furan rings is 1. The molecule has 4 heteroatoms. The minimum Gasteiger partial charge on any atom is -0.464 e. The summed E-state index contributed by atoms with van der Waals surface area (Å²) in [6, 6.07) is 4.36. The second-order valence-electron chi connectivity index (χ2n) is 6.78. The van der Waals surface area contributed by atoms with E-state index in [0.717, 1.165) is 34.9 Å². The molecule has 1 heterocycles. The monoisotopic (exact) mass is 314 g/mol. The van der Waals surface area contributed by atoms with E-state index in [1.165, 1.54) is 18.4 Å². The molecule has 2 atom stereocenters. The number of benzene rings is 1. The first-order chi connectivity index (χ1) is 11.1. The largest absolute Gasteiger partial charge is 0.464 e. The molecule has 2 unspecified atom stereocenters. The summed E-state index contributed by atoms with van der Waals surface area (Å²) in [4.78, 5) is 12.4. The molecular formula is C19H26N2O2. The molecule has 23 heavy (non-hydrogen) atoms. The molecule has 3 rings (SSSR count). The number of nitrogens with two attached hydrogens (primary N) is 1. The topological polar surface area (TPSA) is 68.3 Å². The molecule has 4 nitrogen and oxygen atoms in total. The van der Waals surface area contributed by atoms with E-state index in [2.05, 4.69) is 25.2 Å². The van der Waals surface area contributed by atoms with Crippen molar-refractivity contribution in [3.8, 4) is 0 Å². The highest BCUT2D eigenvalue weighted by atomic mass is 16.3. The van der Waals surface area contributed by atoms with E-state index in [4.69, 9.17) is 10.2 Å². The molecule has 0 aliphatic heterocycles.